The molecule has 2 aromatic carbocycles. The molecule has 0 fully saturated rings. The summed E-state index contributed by atoms with van der Waals surface area (Å²) >= 11 is 7.57. The zero-order valence-corrected chi connectivity index (χ0v) is 19.7. The molecule has 1 heterocycles. The minimum absolute atomic E-state index is 0. The van der Waals surface area contributed by atoms with Gasteiger partial charge in [-0.15, -0.1) is 23.7 Å². The van der Waals surface area contributed by atoms with E-state index in [4.69, 9.17) is 21.3 Å². The molecule has 0 aliphatic rings. The molecule has 160 valence electrons. The lowest BCUT2D eigenvalue weighted by Gasteiger charge is -2.25. The first kappa shape index (κ1) is 24.4. The zero-order chi connectivity index (χ0) is 20.8. The predicted octanol–water partition coefficient (Wildman–Crippen LogP) is 6.33. The van der Waals surface area contributed by atoms with E-state index in [0.29, 0.717) is 5.02 Å². The minimum Gasteiger partial charge on any atom is -0.446 e. The van der Waals surface area contributed by atoms with Crippen molar-refractivity contribution in [3.8, 4) is 21.8 Å². The zero-order valence-electron chi connectivity index (χ0n) is 17.3. The maximum Gasteiger partial charge on any atom is 0.312 e. The third-order valence-corrected chi connectivity index (χ3v) is 6.13. The van der Waals surface area contributed by atoms with Crippen molar-refractivity contribution < 1.29 is 9.53 Å². The molecule has 1 unspecified atom stereocenters. The smallest absolute Gasteiger partial charge is 0.312 e. The molecule has 0 saturated carbocycles. The van der Waals surface area contributed by atoms with E-state index in [2.05, 4.69) is 18.7 Å². The van der Waals surface area contributed by atoms with Crippen LogP contribution in [0.15, 0.2) is 54.6 Å². The van der Waals surface area contributed by atoms with Crippen molar-refractivity contribution in [2.24, 2.45) is 0 Å². The van der Waals surface area contributed by atoms with Gasteiger partial charge in [0.2, 0.25) is 0 Å². The largest absolute Gasteiger partial charge is 0.446 e. The van der Waals surface area contributed by atoms with Crippen LogP contribution >= 0.6 is 35.3 Å². The third-order valence-electron chi connectivity index (χ3n) is 4.77. The molecule has 0 aliphatic heterocycles. The summed E-state index contributed by atoms with van der Waals surface area (Å²) in [5, 5.41) is 1.55. The maximum absolute atomic E-state index is 12.7. The lowest BCUT2D eigenvalue weighted by atomic mass is 10.1. The number of rotatable bonds is 8. The van der Waals surface area contributed by atoms with Gasteiger partial charge >= 0.3 is 5.97 Å². The fourth-order valence-corrected chi connectivity index (χ4v) is 4.38. The van der Waals surface area contributed by atoms with E-state index in [1.165, 1.54) is 11.3 Å². The number of halogens is 2. The number of nitrogens with zero attached hydrogens (tertiary/aromatic N) is 2. The number of hydrogen-bond acceptors (Lipinski definition) is 5. The molecule has 0 amide bonds. The van der Waals surface area contributed by atoms with E-state index in [0.717, 1.165) is 39.8 Å². The average molecular weight is 465 g/mol. The molecule has 3 aromatic rings. The highest BCUT2D eigenvalue weighted by Crippen LogP contribution is 2.34. The van der Waals surface area contributed by atoms with E-state index in [1.54, 1.807) is 0 Å². The quantitative estimate of drug-likeness (QED) is 0.288. The van der Waals surface area contributed by atoms with Gasteiger partial charge in [0.15, 0.2) is 6.23 Å². The summed E-state index contributed by atoms with van der Waals surface area (Å²) in [6.07, 6.45) is -0.0633. The lowest BCUT2D eigenvalue weighted by Crippen LogP contribution is -2.36. The van der Waals surface area contributed by atoms with E-state index in [1.807, 2.05) is 61.5 Å². The second-order valence-corrected chi connectivity index (χ2v) is 8.17. The molecule has 3 rings (SSSR count). The van der Waals surface area contributed by atoms with Crippen molar-refractivity contribution in [2.75, 3.05) is 13.1 Å². The van der Waals surface area contributed by atoms with E-state index in [-0.39, 0.29) is 31.0 Å². The molecule has 0 bridgehead atoms. The van der Waals surface area contributed by atoms with Gasteiger partial charge < -0.3 is 4.74 Å². The van der Waals surface area contributed by atoms with Crippen LogP contribution in [0.2, 0.25) is 5.02 Å². The van der Waals surface area contributed by atoms with Gasteiger partial charge in [-0.3, -0.25) is 9.69 Å². The number of carbonyl (C=O) groups excluding carboxylic acids is 1. The summed E-state index contributed by atoms with van der Waals surface area (Å²) in [7, 11) is 0. The first-order valence-electron chi connectivity index (χ1n) is 9.76. The van der Waals surface area contributed by atoms with Gasteiger partial charge in [0.25, 0.3) is 0 Å². The Kier molecular flexibility index (Phi) is 9.31. The van der Waals surface area contributed by atoms with Crippen LogP contribution in [0.3, 0.4) is 0 Å². The Morgan fingerprint density at radius 3 is 2.30 bits per heavy atom. The number of hydrogen-bond donors (Lipinski definition) is 0. The van der Waals surface area contributed by atoms with E-state index >= 15 is 0 Å². The second kappa shape index (κ2) is 11.5. The number of carbonyl (C=O) groups is 1. The monoisotopic (exact) mass is 464 g/mol. The van der Waals surface area contributed by atoms with Crippen LogP contribution in [-0.4, -0.2) is 35.2 Å². The molecule has 0 aliphatic carbocycles. The molecular weight excluding hydrogens is 439 g/mol. The Hall–Kier alpha value is -1.92. The molecule has 0 N–H and O–H groups in total. The van der Waals surface area contributed by atoms with Crippen LogP contribution in [0.4, 0.5) is 0 Å². The van der Waals surface area contributed by atoms with Gasteiger partial charge in [-0.25, -0.2) is 4.98 Å². The summed E-state index contributed by atoms with van der Waals surface area (Å²) in [6.45, 7) is 7.69. The summed E-state index contributed by atoms with van der Waals surface area (Å²) in [6, 6.07) is 17.5. The van der Waals surface area contributed by atoms with Crippen LogP contribution in [0.5, 0.6) is 0 Å². The van der Waals surface area contributed by atoms with Crippen LogP contribution in [0.1, 0.15) is 25.6 Å². The van der Waals surface area contributed by atoms with E-state index in [9.17, 15) is 4.79 Å². The highest BCUT2D eigenvalue weighted by Gasteiger charge is 2.20. The van der Waals surface area contributed by atoms with Crippen molar-refractivity contribution in [3.63, 3.8) is 0 Å². The van der Waals surface area contributed by atoms with Gasteiger partial charge in [0.1, 0.15) is 5.01 Å². The molecule has 0 radical (unpaired) electrons. The first-order chi connectivity index (χ1) is 14.0. The standard InChI is InChI=1S/C23H25ClN2O2S.ClH/c1-4-26(5-2)16(3)28-21(27)15-20-22(17-11-13-19(24)14-12-17)25-23(29-20)18-9-7-6-8-10-18;/h6-14,16H,4-5,15H2,1-3H3;1H. The summed E-state index contributed by atoms with van der Waals surface area (Å²) in [5.41, 5.74) is 2.77. The van der Waals surface area contributed by atoms with Gasteiger partial charge in [0, 0.05) is 21.0 Å². The first-order valence-corrected chi connectivity index (χ1v) is 11.0. The van der Waals surface area contributed by atoms with Crippen molar-refractivity contribution in [1.82, 2.24) is 9.88 Å². The van der Waals surface area contributed by atoms with Crippen molar-refractivity contribution in [1.29, 1.82) is 0 Å². The molecule has 7 heteroatoms. The van der Waals surface area contributed by atoms with Crippen molar-refractivity contribution >= 4 is 41.3 Å². The Bertz CT molecular complexity index is 942. The summed E-state index contributed by atoms with van der Waals surface area (Å²) in [4.78, 5) is 20.5. The number of ether oxygens (including phenoxy) is 1. The van der Waals surface area contributed by atoms with Gasteiger partial charge in [-0.05, 0) is 32.1 Å². The van der Waals surface area contributed by atoms with Crippen LogP contribution in [-0.2, 0) is 16.0 Å². The van der Waals surface area contributed by atoms with Gasteiger partial charge in [-0.1, -0.05) is 67.9 Å². The third kappa shape index (κ3) is 6.05. The van der Waals surface area contributed by atoms with Crippen LogP contribution in [0.25, 0.3) is 21.8 Å². The van der Waals surface area contributed by atoms with E-state index < -0.39 is 0 Å². The molecule has 0 spiro atoms. The normalized spacial score (nSPS) is 11.8. The fourth-order valence-electron chi connectivity index (χ4n) is 3.18. The highest BCUT2D eigenvalue weighted by molar-refractivity contribution is 7.15. The molecule has 4 nitrogen and oxygen atoms in total. The number of aromatic nitrogens is 1. The number of esters is 1. The minimum atomic E-state index is -0.252. The number of benzene rings is 2. The second-order valence-electron chi connectivity index (χ2n) is 6.65. The summed E-state index contributed by atoms with van der Waals surface area (Å²) in [5.74, 6) is -0.247. The van der Waals surface area contributed by atoms with Crippen LogP contribution < -0.4 is 0 Å². The van der Waals surface area contributed by atoms with Crippen molar-refractivity contribution in [2.45, 2.75) is 33.4 Å². The topological polar surface area (TPSA) is 42.4 Å². The molecule has 1 atom stereocenters. The molecule has 30 heavy (non-hydrogen) atoms. The fraction of sp³-hybridized carbons (Fsp3) is 0.304. The van der Waals surface area contributed by atoms with Crippen LogP contribution in [0, 0.1) is 0 Å². The van der Waals surface area contributed by atoms with Gasteiger partial charge in [-0.2, -0.15) is 0 Å². The number of thiazole rings is 1. The maximum atomic E-state index is 12.7. The summed E-state index contributed by atoms with van der Waals surface area (Å²) < 4.78 is 5.67. The molecule has 1 aromatic heterocycles. The lowest BCUT2D eigenvalue weighted by molar-refractivity contribution is -0.156. The molecule has 0 saturated heterocycles. The Balaban J connectivity index is 0.00000320. The van der Waals surface area contributed by atoms with Crippen molar-refractivity contribution in [3.05, 3.63) is 64.5 Å². The Morgan fingerprint density at radius 2 is 1.70 bits per heavy atom. The predicted molar refractivity (Wildman–Crippen MR) is 127 cm³/mol. The average Bonchev–Trinajstić information content (AvgIpc) is 3.13. The molecular formula is C23H26Cl2N2O2S. The SMILES string of the molecule is CCN(CC)C(C)OC(=O)Cc1sc(-c2ccccc2)nc1-c1ccc(Cl)cc1.Cl. The Labute approximate surface area is 193 Å². The highest BCUT2D eigenvalue weighted by atomic mass is 35.5. The van der Waals surface area contributed by atoms with Gasteiger partial charge in [0.05, 0.1) is 12.1 Å². The Morgan fingerprint density at radius 1 is 1.07 bits per heavy atom.